The Bertz CT molecular complexity index is 329. The maximum atomic E-state index is 5.87. The largest absolute Gasteiger partial charge is 0.387 e. The number of aliphatic imine (C=N–C) groups is 1. The molecular formula is C13H20N2. The van der Waals surface area contributed by atoms with Gasteiger partial charge in [0, 0.05) is 6.42 Å². The Morgan fingerprint density at radius 3 is 2.67 bits per heavy atom. The van der Waals surface area contributed by atoms with Gasteiger partial charge in [-0.15, -0.1) is 0 Å². The average molecular weight is 204 g/mol. The molecule has 0 aliphatic carbocycles. The number of nitrogens with two attached hydrogens (primary N) is 1. The minimum Gasteiger partial charge on any atom is -0.387 e. The number of hydrogen-bond donors (Lipinski definition) is 1. The monoisotopic (exact) mass is 204 g/mol. The van der Waals surface area contributed by atoms with E-state index in [1.165, 1.54) is 5.56 Å². The van der Waals surface area contributed by atoms with Crippen molar-refractivity contribution in [3.8, 4) is 0 Å². The summed E-state index contributed by atoms with van der Waals surface area (Å²) in [7, 11) is 0. The van der Waals surface area contributed by atoms with Gasteiger partial charge in [0.25, 0.3) is 0 Å². The zero-order chi connectivity index (χ0) is 11.1. The molecule has 1 aromatic rings. The van der Waals surface area contributed by atoms with Crippen LogP contribution < -0.4 is 5.73 Å². The molecule has 0 atom stereocenters. The van der Waals surface area contributed by atoms with Crippen LogP contribution in [0.5, 0.6) is 0 Å². The fourth-order valence-electron chi connectivity index (χ4n) is 1.49. The predicted octanol–water partition coefficient (Wildman–Crippen LogP) is 3.43. The number of benzene rings is 1. The van der Waals surface area contributed by atoms with Crippen LogP contribution in [0.15, 0.2) is 29.3 Å². The van der Waals surface area contributed by atoms with Crippen molar-refractivity contribution in [2.75, 3.05) is 0 Å². The third kappa shape index (κ3) is 3.74. The standard InChI is InChI=1S/C13H20N2/c1-3-5-10-13(14)15-12-9-7-6-8-11(12)4-2/h6-9H,3-5,10H2,1-2H3,(H2,14,15). The minimum atomic E-state index is 0.748. The number of hydrogen-bond acceptors (Lipinski definition) is 1. The van der Waals surface area contributed by atoms with Crippen molar-refractivity contribution in [1.29, 1.82) is 0 Å². The van der Waals surface area contributed by atoms with Crippen molar-refractivity contribution in [3.05, 3.63) is 29.8 Å². The SMILES string of the molecule is CCCCC(N)=Nc1ccccc1CC. The van der Waals surface area contributed by atoms with Crippen LogP contribution in [-0.4, -0.2) is 5.84 Å². The van der Waals surface area contributed by atoms with Crippen molar-refractivity contribution in [3.63, 3.8) is 0 Å². The van der Waals surface area contributed by atoms with Gasteiger partial charge >= 0.3 is 0 Å². The molecule has 0 unspecified atom stereocenters. The summed E-state index contributed by atoms with van der Waals surface area (Å²) in [5, 5.41) is 0. The highest BCUT2D eigenvalue weighted by Gasteiger charge is 1.98. The van der Waals surface area contributed by atoms with Crippen molar-refractivity contribution >= 4 is 11.5 Å². The lowest BCUT2D eigenvalue weighted by Gasteiger charge is -2.04. The third-order valence-electron chi connectivity index (χ3n) is 2.42. The molecule has 0 radical (unpaired) electrons. The molecule has 0 saturated carbocycles. The molecule has 0 heterocycles. The highest BCUT2D eigenvalue weighted by Crippen LogP contribution is 2.19. The molecule has 2 heteroatoms. The van der Waals surface area contributed by atoms with Gasteiger partial charge in [-0.25, -0.2) is 4.99 Å². The molecule has 0 fully saturated rings. The van der Waals surface area contributed by atoms with E-state index in [1.807, 2.05) is 18.2 Å². The molecule has 0 bridgehead atoms. The zero-order valence-corrected chi connectivity index (χ0v) is 9.66. The number of amidine groups is 1. The Morgan fingerprint density at radius 1 is 1.27 bits per heavy atom. The van der Waals surface area contributed by atoms with E-state index in [-0.39, 0.29) is 0 Å². The van der Waals surface area contributed by atoms with Gasteiger partial charge in [0.1, 0.15) is 0 Å². The first-order valence-electron chi connectivity index (χ1n) is 5.68. The van der Waals surface area contributed by atoms with Gasteiger partial charge in [-0.2, -0.15) is 0 Å². The quantitative estimate of drug-likeness (QED) is 0.579. The van der Waals surface area contributed by atoms with Crippen LogP contribution in [0.2, 0.25) is 0 Å². The van der Waals surface area contributed by atoms with Crippen molar-refractivity contribution < 1.29 is 0 Å². The van der Waals surface area contributed by atoms with Crippen LogP contribution in [0.25, 0.3) is 0 Å². The summed E-state index contributed by atoms with van der Waals surface area (Å²) in [6.07, 6.45) is 4.17. The van der Waals surface area contributed by atoms with E-state index in [4.69, 9.17) is 5.73 Å². The fraction of sp³-hybridized carbons (Fsp3) is 0.462. The van der Waals surface area contributed by atoms with Gasteiger partial charge in [0.2, 0.25) is 0 Å². The van der Waals surface area contributed by atoms with Crippen molar-refractivity contribution in [1.82, 2.24) is 0 Å². The molecule has 0 amide bonds. The van der Waals surface area contributed by atoms with Gasteiger partial charge < -0.3 is 5.73 Å². The first-order chi connectivity index (χ1) is 7.27. The predicted molar refractivity (Wildman–Crippen MR) is 66.6 cm³/mol. The molecule has 2 N–H and O–H groups in total. The van der Waals surface area contributed by atoms with Crippen LogP contribution in [0, 0.1) is 0 Å². The molecule has 0 aliphatic rings. The highest BCUT2D eigenvalue weighted by molar-refractivity contribution is 5.83. The van der Waals surface area contributed by atoms with E-state index in [2.05, 4.69) is 24.9 Å². The van der Waals surface area contributed by atoms with E-state index in [1.54, 1.807) is 0 Å². The van der Waals surface area contributed by atoms with Gasteiger partial charge in [-0.1, -0.05) is 38.5 Å². The fourth-order valence-corrected chi connectivity index (χ4v) is 1.49. The number of unbranched alkanes of at least 4 members (excludes halogenated alkanes) is 1. The van der Waals surface area contributed by atoms with E-state index in [9.17, 15) is 0 Å². The molecular weight excluding hydrogens is 184 g/mol. The average Bonchev–Trinajstić information content (AvgIpc) is 2.27. The summed E-state index contributed by atoms with van der Waals surface area (Å²) in [6, 6.07) is 8.18. The highest BCUT2D eigenvalue weighted by atomic mass is 14.9. The number of rotatable bonds is 5. The maximum Gasteiger partial charge on any atom is 0.0996 e. The van der Waals surface area contributed by atoms with Crippen LogP contribution in [0.4, 0.5) is 5.69 Å². The molecule has 0 saturated heterocycles. The minimum absolute atomic E-state index is 0.748. The van der Waals surface area contributed by atoms with Gasteiger partial charge in [-0.05, 0) is 24.5 Å². The first kappa shape index (κ1) is 11.8. The van der Waals surface area contributed by atoms with Crippen molar-refractivity contribution in [2.24, 2.45) is 10.7 Å². The van der Waals surface area contributed by atoms with Crippen LogP contribution >= 0.6 is 0 Å². The second-order valence-corrected chi connectivity index (χ2v) is 3.69. The number of nitrogens with zero attached hydrogens (tertiary/aromatic N) is 1. The molecule has 15 heavy (non-hydrogen) atoms. The second kappa shape index (κ2) is 6.23. The van der Waals surface area contributed by atoms with E-state index in [0.717, 1.165) is 37.2 Å². The smallest absolute Gasteiger partial charge is 0.0996 e. The lowest BCUT2D eigenvalue weighted by molar-refractivity contribution is 0.831. The van der Waals surface area contributed by atoms with Gasteiger partial charge in [0.15, 0.2) is 0 Å². The summed E-state index contributed by atoms with van der Waals surface area (Å²) in [5.41, 5.74) is 8.15. The second-order valence-electron chi connectivity index (χ2n) is 3.69. The topological polar surface area (TPSA) is 38.4 Å². The summed E-state index contributed by atoms with van der Waals surface area (Å²) < 4.78 is 0. The maximum absolute atomic E-state index is 5.87. The number of para-hydroxylation sites is 1. The molecule has 1 aromatic carbocycles. The Balaban J connectivity index is 2.77. The zero-order valence-electron chi connectivity index (χ0n) is 9.66. The summed E-state index contributed by atoms with van der Waals surface area (Å²) in [4.78, 5) is 4.46. The van der Waals surface area contributed by atoms with Crippen LogP contribution in [0.3, 0.4) is 0 Å². The lowest BCUT2D eigenvalue weighted by atomic mass is 10.1. The molecule has 1 rings (SSSR count). The summed E-state index contributed by atoms with van der Waals surface area (Å²) >= 11 is 0. The summed E-state index contributed by atoms with van der Waals surface area (Å²) in [5.74, 6) is 0.748. The van der Waals surface area contributed by atoms with Gasteiger partial charge in [0.05, 0.1) is 11.5 Å². The van der Waals surface area contributed by atoms with Gasteiger partial charge in [-0.3, -0.25) is 0 Å². The van der Waals surface area contributed by atoms with Crippen LogP contribution in [-0.2, 0) is 6.42 Å². The van der Waals surface area contributed by atoms with Crippen molar-refractivity contribution in [2.45, 2.75) is 39.5 Å². The Labute approximate surface area is 92.2 Å². The van der Waals surface area contributed by atoms with E-state index in [0.29, 0.717) is 0 Å². The molecule has 0 aromatic heterocycles. The molecule has 0 aliphatic heterocycles. The molecule has 82 valence electrons. The molecule has 2 nitrogen and oxygen atoms in total. The van der Waals surface area contributed by atoms with E-state index >= 15 is 0 Å². The Hall–Kier alpha value is -1.31. The third-order valence-corrected chi connectivity index (χ3v) is 2.42. The first-order valence-corrected chi connectivity index (χ1v) is 5.68. The summed E-state index contributed by atoms with van der Waals surface area (Å²) in [6.45, 7) is 4.30. The number of aryl methyl sites for hydroxylation is 1. The Morgan fingerprint density at radius 2 is 2.00 bits per heavy atom. The normalized spacial score (nSPS) is 11.7. The lowest BCUT2D eigenvalue weighted by Crippen LogP contribution is -2.10. The molecule has 0 spiro atoms. The van der Waals surface area contributed by atoms with E-state index < -0.39 is 0 Å². The Kier molecular flexibility index (Phi) is 4.88. The van der Waals surface area contributed by atoms with Crippen LogP contribution in [0.1, 0.15) is 38.7 Å².